The number of phenolic OH excluding ortho intramolecular Hbond substituents is 1. The SMILES string of the molecule is CC(C)CCn1c(=O)c(C2=NS(O)(O)c3cc(NS(=O)(=O)c4ccccc4O)ccc3N2)c(O)c2cccnc21. The van der Waals surface area contributed by atoms with Crippen LogP contribution in [0.5, 0.6) is 11.5 Å². The van der Waals surface area contributed by atoms with Gasteiger partial charge in [-0.3, -0.25) is 23.2 Å². The maximum atomic E-state index is 13.6. The molecule has 2 aromatic carbocycles. The summed E-state index contributed by atoms with van der Waals surface area (Å²) in [7, 11) is -8.15. The predicted octanol–water partition coefficient (Wildman–Crippen LogP) is 4.55. The lowest BCUT2D eigenvalue weighted by Crippen LogP contribution is -2.32. The van der Waals surface area contributed by atoms with E-state index in [-0.39, 0.29) is 38.5 Å². The minimum absolute atomic E-state index is 0.0157. The minimum Gasteiger partial charge on any atom is -0.507 e. The lowest BCUT2D eigenvalue weighted by molar-refractivity contribution is 0.459. The molecule has 4 aromatic rings. The maximum Gasteiger partial charge on any atom is 0.267 e. The number of para-hydroxylation sites is 1. The third kappa shape index (κ3) is 4.97. The molecule has 0 aliphatic carbocycles. The normalized spacial score (nSPS) is 15.3. The van der Waals surface area contributed by atoms with Gasteiger partial charge < -0.3 is 15.5 Å². The van der Waals surface area contributed by atoms with E-state index in [4.69, 9.17) is 0 Å². The smallest absolute Gasteiger partial charge is 0.267 e. The summed E-state index contributed by atoms with van der Waals surface area (Å²) in [6, 6.07) is 12.5. The summed E-state index contributed by atoms with van der Waals surface area (Å²) in [6.07, 6.45) is 2.17. The maximum absolute atomic E-state index is 13.6. The number of sulfonamides is 1. The van der Waals surface area contributed by atoms with Crippen LogP contribution >= 0.6 is 10.8 Å². The second-order valence-corrected chi connectivity index (χ2v) is 12.9. The molecule has 0 radical (unpaired) electrons. The predicted molar refractivity (Wildman–Crippen MR) is 154 cm³/mol. The van der Waals surface area contributed by atoms with E-state index in [9.17, 15) is 32.5 Å². The van der Waals surface area contributed by atoms with Gasteiger partial charge in [0.1, 0.15) is 32.5 Å². The molecule has 0 bridgehead atoms. The van der Waals surface area contributed by atoms with Crippen molar-refractivity contribution in [3.63, 3.8) is 0 Å². The van der Waals surface area contributed by atoms with Gasteiger partial charge in [0.05, 0.1) is 16.8 Å². The standard InChI is InChI=1S/C26H27N5O7S2/c1-15(2)11-13-31-25-17(6-5-12-27-25)23(33)22(26(31)34)24-28-18-10-9-16(14-21(18)40(37,38)30-24)29-39(35,36)20-8-4-3-7-19(20)32/h3-10,12,14-15,29,32-33,37-38H,11,13H2,1-2H3,(H,28,30). The molecule has 0 fully saturated rings. The van der Waals surface area contributed by atoms with E-state index in [1.165, 1.54) is 53.2 Å². The number of anilines is 2. The molecule has 1 aliphatic heterocycles. The molecule has 210 valence electrons. The number of aromatic hydroxyl groups is 2. The number of benzene rings is 2. The largest absolute Gasteiger partial charge is 0.507 e. The molecule has 3 heterocycles. The van der Waals surface area contributed by atoms with Crippen LogP contribution in [0.15, 0.2) is 79.8 Å². The van der Waals surface area contributed by atoms with Gasteiger partial charge in [0.2, 0.25) is 0 Å². The van der Waals surface area contributed by atoms with Crippen LogP contribution < -0.4 is 15.6 Å². The van der Waals surface area contributed by atoms with Crippen molar-refractivity contribution in [3.8, 4) is 11.5 Å². The Kier molecular flexibility index (Phi) is 6.95. The number of amidine groups is 1. The molecule has 0 unspecified atom stereocenters. The highest BCUT2D eigenvalue weighted by molar-refractivity contribution is 8.23. The number of rotatable bonds is 7. The Morgan fingerprint density at radius 3 is 2.55 bits per heavy atom. The summed E-state index contributed by atoms with van der Waals surface area (Å²) < 4.78 is 55.3. The molecular weight excluding hydrogens is 558 g/mol. The van der Waals surface area contributed by atoms with Gasteiger partial charge in [-0.25, -0.2) is 13.4 Å². The van der Waals surface area contributed by atoms with E-state index >= 15 is 0 Å². The summed E-state index contributed by atoms with van der Waals surface area (Å²) in [5.74, 6) is -0.825. The topological polar surface area (TPSA) is 186 Å². The van der Waals surface area contributed by atoms with Crippen LogP contribution in [0.2, 0.25) is 0 Å². The number of hydrogen-bond donors (Lipinski definition) is 6. The molecule has 40 heavy (non-hydrogen) atoms. The Balaban J connectivity index is 1.56. The monoisotopic (exact) mass is 585 g/mol. The lowest BCUT2D eigenvalue weighted by atomic mass is 10.1. The molecular formula is C26H27N5O7S2. The van der Waals surface area contributed by atoms with Crippen molar-refractivity contribution in [2.24, 2.45) is 10.3 Å². The zero-order chi connectivity index (χ0) is 28.8. The Hall–Kier alpha value is -4.11. The number of aromatic nitrogens is 2. The summed E-state index contributed by atoms with van der Waals surface area (Å²) in [4.78, 5) is 17.4. The molecule has 0 spiro atoms. The van der Waals surface area contributed by atoms with Crippen LogP contribution in [-0.4, -0.2) is 43.1 Å². The van der Waals surface area contributed by atoms with Gasteiger partial charge >= 0.3 is 0 Å². The van der Waals surface area contributed by atoms with E-state index in [0.29, 0.717) is 24.0 Å². The first-order valence-electron chi connectivity index (χ1n) is 12.2. The van der Waals surface area contributed by atoms with Crippen molar-refractivity contribution in [2.75, 3.05) is 10.0 Å². The number of aryl methyl sites for hydroxylation is 1. The Morgan fingerprint density at radius 1 is 1.07 bits per heavy atom. The van der Waals surface area contributed by atoms with Crippen molar-refractivity contribution >= 4 is 49.0 Å². The van der Waals surface area contributed by atoms with Crippen LogP contribution in [0, 0.1) is 5.92 Å². The fraction of sp³-hybridized carbons (Fsp3) is 0.192. The molecule has 1 aliphatic rings. The van der Waals surface area contributed by atoms with E-state index in [2.05, 4.69) is 19.4 Å². The molecule has 0 saturated heterocycles. The van der Waals surface area contributed by atoms with Crippen molar-refractivity contribution < 1.29 is 27.7 Å². The average Bonchev–Trinajstić information content (AvgIpc) is 2.88. The molecule has 0 saturated carbocycles. The van der Waals surface area contributed by atoms with Crippen molar-refractivity contribution in [1.82, 2.24) is 9.55 Å². The first-order valence-corrected chi connectivity index (χ1v) is 15.2. The average molecular weight is 586 g/mol. The molecule has 14 heteroatoms. The second-order valence-electron chi connectivity index (χ2n) is 9.61. The number of nitrogens with one attached hydrogen (secondary N) is 2. The summed E-state index contributed by atoms with van der Waals surface area (Å²) in [5, 5.41) is 24.2. The summed E-state index contributed by atoms with van der Waals surface area (Å²) in [6.45, 7) is 4.34. The summed E-state index contributed by atoms with van der Waals surface area (Å²) in [5.41, 5.74) is -0.438. The van der Waals surface area contributed by atoms with Crippen molar-refractivity contribution in [3.05, 3.63) is 76.7 Å². The van der Waals surface area contributed by atoms with Gasteiger partial charge in [0, 0.05) is 12.7 Å². The lowest BCUT2D eigenvalue weighted by Gasteiger charge is -2.34. The van der Waals surface area contributed by atoms with Crippen molar-refractivity contribution in [2.45, 2.75) is 36.6 Å². The highest BCUT2D eigenvalue weighted by Gasteiger charge is 2.31. The van der Waals surface area contributed by atoms with Crippen LogP contribution in [0.25, 0.3) is 11.0 Å². The van der Waals surface area contributed by atoms with Crippen LogP contribution in [0.1, 0.15) is 25.8 Å². The zero-order valence-corrected chi connectivity index (χ0v) is 23.1. The van der Waals surface area contributed by atoms with Crippen LogP contribution in [0.4, 0.5) is 11.4 Å². The fourth-order valence-corrected chi connectivity index (χ4v) is 6.65. The first-order chi connectivity index (χ1) is 18.9. The zero-order valence-electron chi connectivity index (χ0n) is 21.4. The van der Waals surface area contributed by atoms with Gasteiger partial charge in [-0.1, -0.05) is 36.8 Å². The number of pyridine rings is 2. The van der Waals surface area contributed by atoms with Crippen LogP contribution in [-0.2, 0) is 16.6 Å². The van der Waals surface area contributed by atoms with E-state index < -0.39 is 37.9 Å². The van der Waals surface area contributed by atoms with Gasteiger partial charge in [-0.15, -0.1) is 4.40 Å². The van der Waals surface area contributed by atoms with E-state index in [1.807, 2.05) is 13.8 Å². The molecule has 6 N–H and O–H groups in total. The molecule has 12 nitrogen and oxygen atoms in total. The number of phenols is 1. The van der Waals surface area contributed by atoms with Gasteiger partial charge in [-0.2, -0.15) is 0 Å². The summed E-state index contributed by atoms with van der Waals surface area (Å²) >= 11 is 0. The van der Waals surface area contributed by atoms with Gasteiger partial charge in [-0.05, 0) is 54.8 Å². The van der Waals surface area contributed by atoms with Gasteiger partial charge in [0.15, 0.2) is 5.84 Å². The number of hydrogen-bond acceptors (Lipinski definition) is 10. The van der Waals surface area contributed by atoms with Crippen LogP contribution in [0.3, 0.4) is 0 Å². The molecule has 2 aromatic heterocycles. The quantitative estimate of drug-likeness (QED) is 0.181. The van der Waals surface area contributed by atoms with Crippen molar-refractivity contribution in [1.29, 1.82) is 0 Å². The molecule has 0 amide bonds. The van der Waals surface area contributed by atoms with Gasteiger partial charge in [0.25, 0.3) is 15.6 Å². The molecule has 0 atom stereocenters. The minimum atomic E-state index is -4.20. The Bertz CT molecular complexity index is 1840. The second kappa shape index (κ2) is 10.1. The fourth-order valence-electron chi connectivity index (χ4n) is 4.32. The first kappa shape index (κ1) is 27.5. The number of nitrogens with zero attached hydrogens (tertiary/aromatic N) is 3. The Labute approximate surface area is 231 Å². The number of fused-ring (bicyclic) bond motifs is 2. The Morgan fingerprint density at radius 2 is 1.82 bits per heavy atom. The third-order valence-corrected chi connectivity index (χ3v) is 9.11. The highest BCUT2D eigenvalue weighted by atomic mass is 32.3. The highest BCUT2D eigenvalue weighted by Crippen LogP contribution is 2.56. The van der Waals surface area contributed by atoms with E-state index in [0.717, 1.165) is 0 Å². The molecule has 5 rings (SSSR count). The van der Waals surface area contributed by atoms with E-state index in [1.54, 1.807) is 12.1 Å². The third-order valence-electron chi connectivity index (χ3n) is 6.32.